The number of benzene rings is 1. The Hall–Kier alpha value is -2.62. The zero-order chi connectivity index (χ0) is 15.3. The minimum atomic E-state index is -1.15. The lowest BCUT2D eigenvalue weighted by Crippen LogP contribution is -2.46. The van der Waals surface area contributed by atoms with Gasteiger partial charge in [0.2, 0.25) is 0 Å². The second-order valence-electron chi connectivity index (χ2n) is 4.46. The molecule has 1 aromatic carbocycles. The average Bonchev–Trinajstić information content (AvgIpc) is 2.37. The second kappa shape index (κ2) is 6.52. The van der Waals surface area contributed by atoms with E-state index in [1.54, 1.807) is 19.9 Å². The normalized spacial score (nSPS) is 11.6. The number of rotatable bonds is 4. The van der Waals surface area contributed by atoms with E-state index in [2.05, 4.69) is 10.6 Å². The average molecular weight is 279 g/mol. The van der Waals surface area contributed by atoms with Crippen LogP contribution < -0.4 is 10.6 Å². The first-order valence-electron chi connectivity index (χ1n) is 5.85. The van der Waals surface area contributed by atoms with Gasteiger partial charge in [-0.25, -0.2) is 14.0 Å². The van der Waals surface area contributed by atoms with Gasteiger partial charge >= 0.3 is 12.0 Å². The summed E-state index contributed by atoms with van der Waals surface area (Å²) in [7, 11) is 0. The number of carbonyl (C=O) groups excluding carboxylic acids is 1. The van der Waals surface area contributed by atoms with Gasteiger partial charge in [0.1, 0.15) is 17.9 Å². The van der Waals surface area contributed by atoms with E-state index in [0.29, 0.717) is 0 Å². The van der Waals surface area contributed by atoms with Crippen molar-refractivity contribution in [3.8, 4) is 6.07 Å². The van der Waals surface area contributed by atoms with E-state index in [1.807, 2.05) is 0 Å². The number of urea groups is 1. The van der Waals surface area contributed by atoms with Gasteiger partial charge < -0.3 is 15.7 Å². The number of carboxylic acid groups (broad SMARTS) is 1. The number of amides is 2. The first kappa shape index (κ1) is 15.4. The molecule has 0 saturated carbocycles. The molecule has 0 bridgehead atoms. The zero-order valence-corrected chi connectivity index (χ0v) is 11.0. The summed E-state index contributed by atoms with van der Waals surface area (Å²) in [6, 6.07) is 3.37. The van der Waals surface area contributed by atoms with Gasteiger partial charge in [-0.15, -0.1) is 0 Å². The molecule has 0 aromatic heterocycles. The Kier molecular flexibility index (Phi) is 5.03. The van der Waals surface area contributed by atoms with Crippen LogP contribution in [0, 0.1) is 23.1 Å². The Bertz CT molecular complexity index is 566. The van der Waals surface area contributed by atoms with Gasteiger partial charge in [0.25, 0.3) is 0 Å². The summed E-state index contributed by atoms with van der Waals surface area (Å²) in [5, 5.41) is 22.3. The van der Waals surface area contributed by atoms with Crippen LogP contribution in [0.4, 0.5) is 14.9 Å². The Morgan fingerprint density at radius 1 is 1.40 bits per heavy atom. The number of halogens is 1. The fourth-order valence-corrected chi connectivity index (χ4v) is 1.51. The van der Waals surface area contributed by atoms with Crippen LogP contribution in [0.25, 0.3) is 0 Å². The third-order valence-electron chi connectivity index (χ3n) is 2.56. The lowest BCUT2D eigenvalue weighted by Gasteiger charge is -2.18. The first-order chi connectivity index (χ1) is 9.35. The molecule has 0 aliphatic rings. The maximum absolute atomic E-state index is 13.1. The molecule has 0 aliphatic heterocycles. The molecule has 1 rings (SSSR count). The van der Waals surface area contributed by atoms with Crippen molar-refractivity contribution in [2.75, 3.05) is 5.32 Å². The molecule has 0 fully saturated rings. The summed E-state index contributed by atoms with van der Waals surface area (Å²) in [6.45, 7) is 3.31. The van der Waals surface area contributed by atoms with E-state index in [-0.39, 0.29) is 17.2 Å². The highest BCUT2D eigenvalue weighted by molar-refractivity contribution is 5.92. The molecule has 0 saturated heterocycles. The van der Waals surface area contributed by atoms with Crippen LogP contribution in [0.1, 0.15) is 19.4 Å². The Labute approximate surface area is 115 Å². The lowest BCUT2D eigenvalue weighted by molar-refractivity contribution is -0.140. The predicted octanol–water partition coefficient (Wildman–Crippen LogP) is 1.93. The highest BCUT2D eigenvalue weighted by atomic mass is 19.1. The standard InChI is InChI=1S/C13H14FN3O3/c1-7(2)11(12(18)19)17-13(20)16-9-3-4-10(14)8(5-9)6-15/h3-5,7,11H,1-2H3,(H,18,19)(H2,16,17,20)/t11-/m0/s1. The smallest absolute Gasteiger partial charge is 0.326 e. The number of nitriles is 1. The van der Waals surface area contributed by atoms with Crippen molar-refractivity contribution < 1.29 is 19.1 Å². The van der Waals surface area contributed by atoms with Crippen LogP contribution in [-0.2, 0) is 4.79 Å². The third-order valence-corrected chi connectivity index (χ3v) is 2.56. The SMILES string of the molecule is CC(C)[C@H](NC(=O)Nc1ccc(F)c(C#N)c1)C(=O)O. The maximum Gasteiger partial charge on any atom is 0.326 e. The number of carboxylic acids is 1. The third kappa shape index (κ3) is 3.95. The number of aliphatic carboxylic acids is 1. The molecule has 6 nitrogen and oxygen atoms in total. The van der Waals surface area contributed by atoms with Gasteiger partial charge in [0.15, 0.2) is 0 Å². The Balaban J connectivity index is 2.76. The fourth-order valence-electron chi connectivity index (χ4n) is 1.51. The van der Waals surface area contributed by atoms with Crippen molar-refractivity contribution in [1.82, 2.24) is 5.32 Å². The maximum atomic E-state index is 13.1. The predicted molar refractivity (Wildman–Crippen MR) is 69.5 cm³/mol. The van der Waals surface area contributed by atoms with E-state index in [4.69, 9.17) is 10.4 Å². The van der Waals surface area contributed by atoms with Crippen molar-refractivity contribution in [3.63, 3.8) is 0 Å². The highest BCUT2D eigenvalue weighted by Crippen LogP contribution is 2.14. The largest absolute Gasteiger partial charge is 0.480 e. The minimum Gasteiger partial charge on any atom is -0.480 e. The van der Waals surface area contributed by atoms with Crippen LogP contribution in [0.5, 0.6) is 0 Å². The number of nitrogens with zero attached hydrogens (tertiary/aromatic N) is 1. The molecule has 1 atom stereocenters. The molecule has 0 unspecified atom stereocenters. The topological polar surface area (TPSA) is 102 Å². The molecule has 0 spiro atoms. The summed E-state index contributed by atoms with van der Waals surface area (Å²) < 4.78 is 13.1. The highest BCUT2D eigenvalue weighted by Gasteiger charge is 2.23. The minimum absolute atomic E-state index is 0.202. The fraction of sp³-hybridized carbons (Fsp3) is 0.308. The number of hydrogen-bond acceptors (Lipinski definition) is 3. The molecule has 7 heteroatoms. The Morgan fingerprint density at radius 3 is 2.55 bits per heavy atom. The molecule has 0 radical (unpaired) electrons. The zero-order valence-electron chi connectivity index (χ0n) is 11.0. The lowest BCUT2D eigenvalue weighted by atomic mass is 10.1. The molecule has 3 N–H and O–H groups in total. The van der Waals surface area contributed by atoms with Crippen LogP contribution in [-0.4, -0.2) is 23.1 Å². The van der Waals surface area contributed by atoms with E-state index in [0.717, 1.165) is 6.07 Å². The van der Waals surface area contributed by atoms with E-state index < -0.39 is 23.9 Å². The molecule has 106 valence electrons. The molecule has 0 aliphatic carbocycles. The van der Waals surface area contributed by atoms with E-state index in [9.17, 15) is 14.0 Å². The van der Waals surface area contributed by atoms with Crippen molar-refractivity contribution in [1.29, 1.82) is 5.26 Å². The molecule has 2 amide bonds. The first-order valence-corrected chi connectivity index (χ1v) is 5.85. The summed E-state index contributed by atoms with van der Waals surface area (Å²) in [6.07, 6.45) is 0. The number of nitrogens with one attached hydrogen (secondary N) is 2. The molecule has 0 heterocycles. The Morgan fingerprint density at radius 2 is 2.05 bits per heavy atom. The van der Waals surface area contributed by atoms with Crippen LogP contribution in [0.3, 0.4) is 0 Å². The molecular formula is C13H14FN3O3. The van der Waals surface area contributed by atoms with Crippen molar-refractivity contribution in [3.05, 3.63) is 29.6 Å². The van der Waals surface area contributed by atoms with Gasteiger partial charge in [0.05, 0.1) is 5.56 Å². The number of anilines is 1. The van der Waals surface area contributed by atoms with Crippen LogP contribution >= 0.6 is 0 Å². The van der Waals surface area contributed by atoms with Gasteiger partial charge in [-0.1, -0.05) is 13.8 Å². The van der Waals surface area contributed by atoms with Crippen LogP contribution in [0.15, 0.2) is 18.2 Å². The van der Waals surface area contributed by atoms with Gasteiger partial charge in [-0.3, -0.25) is 0 Å². The summed E-state index contributed by atoms with van der Waals surface area (Å²) in [4.78, 5) is 22.6. The summed E-state index contributed by atoms with van der Waals surface area (Å²) in [5.74, 6) is -2.13. The quantitative estimate of drug-likeness (QED) is 0.783. The van der Waals surface area contributed by atoms with Crippen LogP contribution in [0.2, 0.25) is 0 Å². The molecule has 1 aromatic rings. The summed E-state index contributed by atoms with van der Waals surface area (Å²) in [5.41, 5.74) is -0.00482. The number of carbonyl (C=O) groups is 2. The van der Waals surface area contributed by atoms with Crippen molar-refractivity contribution in [2.24, 2.45) is 5.92 Å². The van der Waals surface area contributed by atoms with Crippen molar-refractivity contribution >= 4 is 17.7 Å². The van der Waals surface area contributed by atoms with E-state index >= 15 is 0 Å². The molecular weight excluding hydrogens is 265 g/mol. The summed E-state index contributed by atoms with van der Waals surface area (Å²) >= 11 is 0. The van der Waals surface area contributed by atoms with Gasteiger partial charge in [-0.2, -0.15) is 5.26 Å². The number of hydrogen-bond donors (Lipinski definition) is 3. The van der Waals surface area contributed by atoms with E-state index in [1.165, 1.54) is 12.1 Å². The van der Waals surface area contributed by atoms with Gasteiger partial charge in [0, 0.05) is 5.69 Å². The molecule has 20 heavy (non-hydrogen) atoms. The second-order valence-corrected chi connectivity index (χ2v) is 4.46. The van der Waals surface area contributed by atoms with Gasteiger partial charge in [-0.05, 0) is 24.1 Å². The monoisotopic (exact) mass is 279 g/mol. The van der Waals surface area contributed by atoms with Crippen molar-refractivity contribution in [2.45, 2.75) is 19.9 Å².